The third-order valence-electron chi connectivity index (χ3n) is 2.73. The van der Waals surface area contributed by atoms with Crippen LogP contribution in [-0.4, -0.2) is 0 Å². The van der Waals surface area contributed by atoms with E-state index in [9.17, 15) is 0 Å². The summed E-state index contributed by atoms with van der Waals surface area (Å²) < 4.78 is 5.81. The van der Waals surface area contributed by atoms with Gasteiger partial charge in [-0.05, 0) is 41.3 Å². The zero-order valence-corrected chi connectivity index (χ0v) is 11.7. The van der Waals surface area contributed by atoms with Gasteiger partial charge in [0.25, 0.3) is 0 Å². The van der Waals surface area contributed by atoms with Crippen molar-refractivity contribution in [1.29, 1.82) is 0 Å². The van der Waals surface area contributed by atoms with E-state index in [4.69, 9.17) is 16.3 Å². The Morgan fingerprint density at radius 3 is 2.11 bits per heavy atom. The van der Waals surface area contributed by atoms with Gasteiger partial charge in [-0.1, -0.05) is 50.6 Å². The van der Waals surface area contributed by atoms with Crippen molar-refractivity contribution in [3.8, 4) is 11.5 Å². The summed E-state index contributed by atoms with van der Waals surface area (Å²) >= 11 is 5.93. The Bertz CT molecular complexity index is 541. The SMILES string of the molecule is CC(C)(C)c1cccc(Oc2cccc(Cl)c2)c1. The van der Waals surface area contributed by atoms with Gasteiger partial charge in [0.2, 0.25) is 0 Å². The van der Waals surface area contributed by atoms with Gasteiger partial charge in [-0.3, -0.25) is 0 Å². The highest BCUT2D eigenvalue weighted by molar-refractivity contribution is 6.30. The second kappa shape index (κ2) is 5.03. The fraction of sp³-hybridized carbons (Fsp3) is 0.250. The number of halogens is 1. The smallest absolute Gasteiger partial charge is 0.128 e. The van der Waals surface area contributed by atoms with E-state index in [-0.39, 0.29) is 5.41 Å². The molecule has 0 radical (unpaired) electrons. The normalized spacial score (nSPS) is 11.3. The Labute approximate surface area is 113 Å². The van der Waals surface area contributed by atoms with Crippen LogP contribution in [0.25, 0.3) is 0 Å². The highest BCUT2D eigenvalue weighted by Gasteiger charge is 2.14. The van der Waals surface area contributed by atoms with Crippen molar-refractivity contribution < 1.29 is 4.74 Å². The summed E-state index contributed by atoms with van der Waals surface area (Å²) in [5, 5.41) is 0.680. The highest BCUT2D eigenvalue weighted by Crippen LogP contribution is 2.29. The molecule has 0 saturated heterocycles. The maximum Gasteiger partial charge on any atom is 0.128 e. The number of hydrogen-bond donors (Lipinski definition) is 0. The fourth-order valence-corrected chi connectivity index (χ4v) is 1.87. The Morgan fingerprint density at radius 1 is 0.889 bits per heavy atom. The van der Waals surface area contributed by atoms with E-state index in [0.717, 1.165) is 11.5 Å². The molecule has 0 aliphatic rings. The predicted molar refractivity (Wildman–Crippen MR) is 76.7 cm³/mol. The van der Waals surface area contributed by atoms with Crippen molar-refractivity contribution in [2.75, 3.05) is 0 Å². The molecule has 0 heterocycles. The Kier molecular flexibility index (Phi) is 3.63. The lowest BCUT2D eigenvalue weighted by molar-refractivity contribution is 0.478. The van der Waals surface area contributed by atoms with Gasteiger partial charge in [-0.15, -0.1) is 0 Å². The Morgan fingerprint density at radius 2 is 1.50 bits per heavy atom. The first-order valence-corrected chi connectivity index (χ1v) is 6.37. The maximum atomic E-state index is 5.93. The molecule has 2 heteroatoms. The minimum absolute atomic E-state index is 0.119. The number of benzene rings is 2. The number of ether oxygens (including phenoxy) is 1. The lowest BCUT2D eigenvalue weighted by atomic mass is 9.87. The van der Waals surface area contributed by atoms with E-state index in [1.807, 2.05) is 36.4 Å². The van der Waals surface area contributed by atoms with Crippen LogP contribution in [0.3, 0.4) is 0 Å². The van der Waals surface area contributed by atoms with Gasteiger partial charge in [0.1, 0.15) is 11.5 Å². The van der Waals surface area contributed by atoms with Gasteiger partial charge < -0.3 is 4.74 Å². The van der Waals surface area contributed by atoms with E-state index >= 15 is 0 Å². The van der Waals surface area contributed by atoms with Crippen LogP contribution >= 0.6 is 11.6 Å². The average molecular weight is 261 g/mol. The number of rotatable bonds is 2. The third kappa shape index (κ3) is 3.27. The molecule has 0 aliphatic carbocycles. The summed E-state index contributed by atoms with van der Waals surface area (Å²) in [7, 11) is 0. The van der Waals surface area contributed by atoms with Crippen LogP contribution in [0, 0.1) is 0 Å². The molecule has 1 nitrogen and oxygen atoms in total. The van der Waals surface area contributed by atoms with E-state index < -0.39 is 0 Å². The van der Waals surface area contributed by atoms with Crippen molar-refractivity contribution in [3.05, 3.63) is 59.1 Å². The molecular formula is C16H17ClO. The maximum absolute atomic E-state index is 5.93. The van der Waals surface area contributed by atoms with Crippen LogP contribution in [0.5, 0.6) is 11.5 Å². The van der Waals surface area contributed by atoms with Crippen LogP contribution in [0.2, 0.25) is 5.02 Å². The molecule has 0 atom stereocenters. The molecule has 0 N–H and O–H groups in total. The zero-order valence-electron chi connectivity index (χ0n) is 10.9. The summed E-state index contributed by atoms with van der Waals surface area (Å²) in [6, 6.07) is 15.6. The quantitative estimate of drug-likeness (QED) is 0.700. The molecule has 0 amide bonds. The highest BCUT2D eigenvalue weighted by atomic mass is 35.5. The van der Waals surface area contributed by atoms with Crippen molar-refractivity contribution in [2.24, 2.45) is 0 Å². The second-order valence-electron chi connectivity index (χ2n) is 5.34. The first-order chi connectivity index (χ1) is 8.45. The average Bonchev–Trinajstić information content (AvgIpc) is 2.28. The molecule has 18 heavy (non-hydrogen) atoms. The second-order valence-corrected chi connectivity index (χ2v) is 5.77. The molecule has 94 valence electrons. The first-order valence-electron chi connectivity index (χ1n) is 5.99. The summed E-state index contributed by atoms with van der Waals surface area (Å²) in [6.45, 7) is 6.56. The molecule has 0 saturated carbocycles. The third-order valence-corrected chi connectivity index (χ3v) is 2.97. The van der Waals surface area contributed by atoms with Crippen molar-refractivity contribution in [2.45, 2.75) is 26.2 Å². The van der Waals surface area contributed by atoms with Crippen LogP contribution < -0.4 is 4.74 Å². The first kappa shape index (κ1) is 13.0. The molecule has 0 aliphatic heterocycles. The molecule has 0 unspecified atom stereocenters. The molecule has 0 fully saturated rings. The standard InChI is InChI=1S/C16H17ClO/c1-16(2,3)12-6-4-8-14(10-12)18-15-9-5-7-13(17)11-15/h4-11H,1-3H3. The summed E-state index contributed by atoms with van der Waals surface area (Å²) in [6.07, 6.45) is 0. The van der Waals surface area contributed by atoms with Crippen molar-refractivity contribution >= 4 is 11.6 Å². The largest absolute Gasteiger partial charge is 0.457 e. The predicted octanol–water partition coefficient (Wildman–Crippen LogP) is 5.43. The summed E-state index contributed by atoms with van der Waals surface area (Å²) in [5.74, 6) is 1.60. The molecule has 0 aromatic heterocycles. The Hall–Kier alpha value is -1.47. The minimum Gasteiger partial charge on any atom is -0.457 e. The molecule has 0 spiro atoms. The summed E-state index contributed by atoms with van der Waals surface area (Å²) in [5.41, 5.74) is 1.37. The lowest BCUT2D eigenvalue weighted by Crippen LogP contribution is -2.10. The summed E-state index contributed by atoms with van der Waals surface area (Å²) in [4.78, 5) is 0. The van der Waals surface area contributed by atoms with Crippen molar-refractivity contribution in [3.63, 3.8) is 0 Å². The van der Waals surface area contributed by atoms with E-state index in [1.165, 1.54) is 5.56 Å². The van der Waals surface area contributed by atoms with Crippen molar-refractivity contribution in [1.82, 2.24) is 0 Å². The molecule has 2 rings (SSSR count). The van der Waals surface area contributed by atoms with Gasteiger partial charge in [-0.2, -0.15) is 0 Å². The van der Waals surface area contributed by atoms with Crippen LogP contribution in [0.15, 0.2) is 48.5 Å². The van der Waals surface area contributed by atoms with E-state index in [1.54, 1.807) is 0 Å². The van der Waals surface area contributed by atoms with Crippen LogP contribution in [-0.2, 0) is 5.41 Å². The van der Waals surface area contributed by atoms with Gasteiger partial charge >= 0.3 is 0 Å². The molecular weight excluding hydrogens is 244 g/mol. The van der Waals surface area contributed by atoms with E-state index in [2.05, 4.69) is 32.9 Å². The topological polar surface area (TPSA) is 9.23 Å². The van der Waals surface area contributed by atoms with Gasteiger partial charge in [0.05, 0.1) is 0 Å². The number of hydrogen-bond acceptors (Lipinski definition) is 1. The Balaban J connectivity index is 2.25. The van der Waals surface area contributed by atoms with Crippen LogP contribution in [0.1, 0.15) is 26.3 Å². The molecule has 2 aromatic rings. The van der Waals surface area contributed by atoms with Gasteiger partial charge in [-0.25, -0.2) is 0 Å². The molecule has 0 bridgehead atoms. The van der Waals surface area contributed by atoms with E-state index in [0.29, 0.717) is 5.02 Å². The zero-order chi connectivity index (χ0) is 13.2. The lowest BCUT2D eigenvalue weighted by Gasteiger charge is -2.19. The van der Waals surface area contributed by atoms with Crippen LogP contribution in [0.4, 0.5) is 0 Å². The minimum atomic E-state index is 0.119. The van der Waals surface area contributed by atoms with Gasteiger partial charge in [0, 0.05) is 5.02 Å². The monoisotopic (exact) mass is 260 g/mol. The molecule has 2 aromatic carbocycles. The van der Waals surface area contributed by atoms with Gasteiger partial charge in [0.15, 0.2) is 0 Å². The fourth-order valence-electron chi connectivity index (χ4n) is 1.69.